The van der Waals surface area contributed by atoms with E-state index in [1.165, 1.54) is 42.3 Å². The van der Waals surface area contributed by atoms with Gasteiger partial charge in [-0.3, -0.25) is 4.79 Å². The Hall–Kier alpha value is -2.87. The molecule has 30 heavy (non-hydrogen) atoms. The van der Waals surface area contributed by atoms with Crippen LogP contribution < -0.4 is 10.2 Å². The summed E-state index contributed by atoms with van der Waals surface area (Å²) in [6.07, 6.45) is 3.80. The third-order valence-electron chi connectivity index (χ3n) is 5.23. The number of benzene rings is 2. The molecule has 1 saturated heterocycles. The van der Waals surface area contributed by atoms with Crippen LogP contribution in [0.5, 0.6) is 0 Å². The fourth-order valence-electron chi connectivity index (χ4n) is 3.46. The van der Waals surface area contributed by atoms with Crippen molar-refractivity contribution in [2.45, 2.75) is 43.5 Å². The lowest BCUT2D eigenvalue weighted by atomic mass is 10.1. The predicted octanol–water partition coefficient (Wildman–Crippen LogP) is 4.08. The van der Waals surface area contributed by atoms with Crippen LogP contribution in [-0.4, -0.2) is 44.5 Å². The molecule has 156 valence electrons. The summed E-state index contributed by atoms with van der Waals surface area (Å²) in [5, 5.41) is 15.2. The summed E-state index contributed by atoms with van der Waals surface area (Å²) in [6.45, 7) is 6.10. The van der Waals surface area contributed by atoms with Crippen LogP contribution in [-0.2, 0) is 4.79 Å². The first-order chi connectivity index (χ1) is 14.6. The van der Waals surface area contributed by atoms with Crippen molar-refractivity contribution in [3.05, 3.63) is 54.1 Å². The van der Waals surface area contributed by atoms with Gasteiger partial charge in [0, 0.05) is 24.5 Å². The molecule has 0 saturated carbocycles. The number of aromatic nitrogens is 4. The molecule has 0 aliphatic carbocycles. The molecule has 2 aromatic carbocycles. The number of anilines is 2. The SMILES string of the molecule is Cc1ccc(-n2nnnc2SC(C)C(=O)Nc2ccc(N3CCCCC3)cc2)cc1. The summed E-state index contributed by atoms with van der Waals surface area (Å²) < 4.78 is 1.65. The average molecular weight is 423 g/mol. The number of carbonyl (C=O) groups excluding carboxylic acids is 1. The molecule has 3 aromatic rings. The number of rotatable bonds is 6. The Bertz CT molecular complexity index is 980. The molecule has 1 unspecified atom stereocenters. The van der Waals surface area contributed by atoms with Gasteiger partial charge in [-0.2, -0.15) is 4.68 Å². The van der Waals surface area contributed by atoms with Crippen LogP contribution in [0.4, 0.5) is 11.4 Å². The zero-order chi connectivity index (χ0) is 20.9. The molecule has 4 rings (SSSR count). The van der Waals surface area contributed by atoms with E-state index in [0.717, 1.165) is 24.5 Å². The van der Waals surface area contributed by atoms with Crippen LogP contribution in [0.15, 0.2) is 53.7 Å². The molecule has 1 fully saturated rings. The molecule has 0 spiro atoms. The largest absolute Gasteiger partial charge is 0.372 e. The smallest absolute Gasteiger partial charge is 0.237 e. The number of amides is 1. The number of tetrazole rings is 1. The van der Waals surface area contributed by atoms with Crippen LogP contribution in [0.25, 0.3) is 5.69 Å². The van der Waals surface area contributed by atoms with Gasteiger partial charge in [0.25, 0.3) is 0 Å². The summed E-state index contributed by atoms with van der Waals surface area (Å²) in [5.41, 5.74) is 4.05. The number of carbonyl (C=O) groups is 1. The Morgan fingerprint density at radius 1 is 1.00 bits per heavy atom. The number of thioether (sulfide) groups is 1. The highest BCUT2D eigenvalue weighted by molar-refractivity contribution is 8.00. The summed E-state index contributed by atoms with van der Waals surface area (Å²) in [4.78, 5) is 15.1. The molecule has 1 aliphatic heterocycles. The van der Waals surface area contributed by atoms with Crippen molar-refractivity contribution in [3.63, 3.8) is 0 Å². The van der Waals surface area contributed by atoms with Gasteiger partial charge in [0.05, 0.1) is 10.9 Å². The molecule has 1 aliphatic rings. The summed E-state index contributed by atoms with van der Waals surface area (Å²) in [5.74, 6) is -0.0795. The minimum Gasteiger partial charge on any atom is -0.372 e. The molecular weight excluding hydrogens is 396 g/mol. The topological polar surface area (TPSA) is 75.9 Å². The number of hydrogen-bond donors (Lipinski definition) is 1. The van der Waals surface area contributed by atoms with Crippen molar-refractivity contribution in [1.29, 1.82) is 0 Å². The molecule has 1 aromatic heterocycles. The van der Waals surface area contributed by atoms with Gasteiger partial charge in [-0.15, -0.1) is 5.10 Å². The fourth-order valence-corrected chi connectivity index (χ4v) is 4.27. The molecular formula is C22H26N6OS. The number of piperidine rings is 1. The zero-order valence-electron chi connectivity index (χ0n) is 17.3. The van der Waals surface area contributed by atoms with Gasteiger partial charge < -0.3 is 10.2 Å². The molecule has 1 amide bonds. The monoisotopic (exact) mass is 422 g/mol. The van der Waals surface area contributed by atoms with Crippen molar-refractivity contribution >= 4 is 29.0 Å². The van der Waals surface area contributed by atoms with Crippen molar-refractivity contribution in [3.8, 4) is 5.69 Å². The Morgan fingerprint density at radius 3 is 2.37 bits per heavy atom. The molecule has 8 heteroatoms. The van der Waals surface area contributed by atoms with E-state index in [0.29, 0.717) is 5.16 Å². The lowest BCUT2D eigenvalue weighted by Crippen LogP contribution is -2.29. The van der Waals surface area contributed by atoms with E-state index < -0.39 is 0 Å². The van der Waals surface area contributed by atoms with Gasteiger partial charge in [-0.1, -0.05) is 29.5 Å². The second-order valence-electron chi connectivity index (χ2n) is 7.55. The van der Waals surface area contributed by atoms with Crippen molar-refractivity contribution in [2.24, 2.45) is 0 Å². The highest BCUT2D eigenvalue weighted by atomic mass is 32.2. The highest BCUT2D eigenvalue weighted by Crippen LogP contribution is 2.25. The normalized spacial score (nSPS) is 15.1. The van der Waals surface area contributed by atoms with E-state index in [4.69, 9.17) is 0 Å². The predicted molar refractivity (Wildman–Crippen MR) is 120 cm³/mol. The van der Waals surface area contributed by atoms with Crippen molar-refractivity contribution in [2.75, 3.05) is 23.3 Å². The summed E-state index contributed by atoms with van der Waals surface area (Å²) >= 11 is 1.34. The van der Waals surface area contributed by atoms with E-state index in [9.17, 15) is 4.79 Å². The molecule has 2 heterocycles. The quantitative estimate of drug-likeness (QED) is 0.603. The molecule has 0 radical (unpaired) electrons. The van der Waals surface area contributed by atoms with Gasteiger partial charge in [-0.25, -0.2) is 0 Å². The maximum Gasteiger partial charge on any atom is 0.237 e. The van der Waals surface area contributed by atoms with Crippen LogP contribution in [0.2, 0.25) is 0 Å². The van der Waals surface area contributed by atoms with Crippen LogP contribution in [0, 0.1) is 6.92 Å². The first-order valence-electron chi connectivity index (χ1n) is 10.3. The minimum atomic E-state index is -0.345. The number of aryl methyl sites for hydroxylation is 1. The lowest BCUT2D eigenvalue weighted by Gasteiger charge is -2.28. The second-order valence-corrected chi connectivity index (χ2v) is 8.86. The zero-order valence-corrected chi connectivity index (χ0v) is 18.1. The van der Waals surface area contributed by atoms with Gasteiger partial charge >= 0.3 is 0 Å². The second kappa shape index (κ2) is 9.30. The number of hydrogen-bond acceptors (Lipinski definition) is 6. The van der Waals surface area contributed by atoms with E-state index in [1.807, 2.05) is 50.2 Å². The van der Waals surface area contributed by atoms with Crippen LogP contribution >= 0.6 is 11.8 Å². The third kappa shape index (κ3) is 4.81. The summed E-state index contributed by atoms with van der Waals surface area (Å²) in [6, 6.07) is 16.0. The Balaban J connectivity index is 1.37. The standard InChI is InChI=1S/C22H26N6OS/c1-16-6-10-20(11-7-16)28-22(24-25-26-28)30-17(2)21(29)23-18-8-12-19(13-9-18)27-14-4-3-5-15-27/h6-13,17H,3-5,14-15H2,1-2H3,(H,23,29). The number of nitrogens with zero attached hydrogens (tertiary/aromatic N) is 5. The summed E-state index contributed by atoms with van der Waals surface area (Å²) in [7, 11) is 0. The van der Waals surface area contributed by atoms with Crippen molar-refractivity contribution < 1.29 is 4.79 Å². The van der Waals surface area contributed by atoms with Crippen molar-refractivity contribution in [1.82, 2.24) is 20.2 Å². The lowest BCUT2D eigenvalue weighted by molar-refractivity contribution is -0.115. The third-order valence-corrected chi connectivity index (χ3v) is 6.26. The van der Waals surface area contributed by atoms with E-state index >= 15 is 0 Å². The van der Waals surface area contributed by atoms with Gasteiger partial charge in [0.15, 0.2) is 0 Å². The van der Waals surface area contributed by atoms with Gasteiger partial charge in [0.2, 0.25) is 11.1 Å². The van der Waals surface area contributed by atoms with E-state index in [-0.39, 0.29) is 11.2 Å². The molecule has 7 nitrogen and oxygen atoms in total. The Kier molecular flexibility index (Phi) is 6.32. The van der Waals surface area contributed by atoms with Crippen LogP contribution in [0.3, 0.4) is 0 Å². The Labute approximate surface area is 180 Å². The van der Waals surface area contributed by atoms with Gasteiger partial charge in [0.1, 0.15) is 0 Å². The molecule has 0 bridgehead atoms. The minimum absolute atomic E-state index is 0.0795. The average Bonchev–Trinajstić information content (AvgIpc) is 3.23. The van der Waals surface area contributed by atoms with E-state index in [1.54, 1.807) is 4.68 Å². The van der Waals surface area contributed by atoms with Crippen LogP contribution in [0.1, 0.15) is 31.7 Å². The Morgan fingerprint density at radius 2 is 1.67 bits per heavy atom. The maximum atomic E-state index is 12.7. The molecule has 1 atom stereocenters. The first kappa shape index (κ1) is 20.4. The number of nitrogens with one attached hydrogen (secondary N) is 1. The van der Waals surface area contributed by atoms with Gasteiger partial charge in [-0.05, 0) is 79.9 Å². The first-order valence-corrected chi connectivity index (χ1v) is 11.2. The fraction of sp³-hybridized carbons (Fsp3) is 0.364. The highest BCUT2D eigenvalue weighted by Gasteiger charge is 2.19. The van der Waals surface area contributed by atoms with E-state index in [2.05, 4.69) is 37.9 Å². The maximum absolute atomic E-state index is 12.7. The molecule has 1 N–H and O–H groups in total.